The van der Waals surface area contributed by atoms with Crippen LogP contribution in [0, 0.1) is 0 Å². The van der Waals surface area contributed by atoms with Gasteiger partial charge in [0.05, 0.1) is 11.3 Å². The number of amides is 1. The van der Waals surface area contributed by atoms with Crippen LogP contribution in [-0.4, -0.2) is 38.7 Å². The highest BCUT2D eigenvalue weighted by molar-refractivity contribution is 7.90. The molecule has 2 fully saturated rings. The third kappa shape index (κ3) is 4.36. The van der Waals surface area contributed by atoms with Gasteiger partial charge in [0.2, 0.25) is 5.91 Å². The van der Waals surface area contributed by atoms with Crippen molar-refractivity contribution in [2.75, 3.05) is 6.26 Å². The van der Waals surface area contributed by atoms with Gasteiger partial charge < -0.3 is 10.6 Å². The van der Waals surface area contributed by atoms with E-state index in [1.165, 1.54) is 31.9 Å². The number of rotatable bonds is 6. The molecule has 2 N–H and O–H groups in total. The molecule has 0 aliphatic heterocycles. The van der Waals surface area contributed by atoms with E-state index in [1.54, 1.807) is 24.3 Å². The summed E-state index contributed by atoms with van der Waals surface area (Å²) in [5.41, 5.74) is 0.833. The summed E-state index contributed by atoms with van der Waals surface area (Å²) in [6.07, 6.45) is 8.76. The van der Waals surface area contributed by atoms with E-state index in [-0.39, 0.29) is 23.3 Å². The summed E-state index contributed by atoms with van der Waals surface area (Å²) in [6.45, 7) is 0. The summed E-state index contributed by atoms with van der Waals surface area (Å²) >= 11 is 0. The molecule has 24 heavy (non-hydrogen) atoms. The second-order valence-electron chi connectivity index (χ2n) is 7.10. The minimum atomic E-state index is -3.19. The summed E-state index contributed by atoms with van der Waals surface area (Å²) in [4.78, 5) is 12.5. The monoisotopic (exact) mass is 350 g/mol. The summed E-state index contributed by atoms with van der Waals surface area (Å²) in [7, 11) is -3.19. The molecular weight excluding hydrogens is 324 g/mol. The first-order valence-electron chi connectivity index (χ1n) is 8.76. The van der Waals surface area contributed by atoms with Crippen LogP contribution in [0.5, 0.6) is 0 Å². The van der Waals surface area contributed by atoms with Crippen LogP contribution < -0.4 is 10.6 Å². The van der Waals surface area contributed by atoms with Gasteiger partial charge >= 0.3 is 0 Å². The first kappa shape index (κ1) is 17.4. The van der Waals surface area contributed by atoms with Crippen molar-refractivity contribution in [2.24, 2.45) is 0 Å². The topological polar surface area (TPSA) is 75.3 Å². The maximum absolute atomic E-state index is 12.2. The summed E-state index contributed by atoms with van der Waals surface area (Å²) in [5, 5.41) is 6.79. The third-order valence-electron chi connectivity index (χ3n) is 5.14. The smallest absolute Gasteiger partial charge is 0.224 e. The van der Waals surface area contributed by atoms with Gasteiger partial charge in [-0.25, -0.2) is 8.42 Å². The zero-order chi connectivity index (χ0) is 17.2. The van der Waals surface area contributed by atoms with Crippen LogP contribution in [0.2, 0.25) is 0 Å². The van der Waals surface area contributed by atoms with Gasteiger partial charge in [-0.1, -0.05) is 25.0 Å². The standard InChI is InChI=1S/C18H26N2O3S/c1-24(22,23)15-8-6-13(7-9-15)12-18(21)20-17-11-10-16(17)19-14-4-2-3-5-14/h6-9,14,16-17,19H,2-5,10-12H2,1H3,(H,20,21)/t16-,17+/m1/s1. The zero-order valence-electron chi connectivity index (χ0n) is 14.1. The van der Waals surface area contributed by atoms with Crippen LogP contribution >= 0.6 is 0 Å². The Morgan fingerprint density at radius 2 is 1.67 bits per heavy atom. The zero-order valence-corrected chi connectivity index (χ0v) is 14.9. The molecule has 5 nitrogen and oxygen atoms in total. The van der Waals surface area contributed by atoms with Gasteiger partial charge in [-0.3, -0.25) is 4.79 Å². The molecule has 6 heteroatoms. The Bertz CT molecular complexity index is 679. The number of carbonyl (C=O) groups excluding carboxylic acids is 1. The molecule has 0 radical (unpaired) electrons. The molecule has 0 unspecified atom stereocenters. The van der Waals surface area contributed by atoms with Gasteiger partial charge in [-0.2, -0.15) is 0 Å². The number of nitrogens with one attached hydrogen (secondary N) is 2. The van der Waals surface area contributed by atoms with Crippen molar-refractivity contribution in [2.45, 2.75) is 68.0 Å². The molecule has 132 valence electrons. The van der Waals surface area contributed by atoms with E-state index >= 15 is 0 Å². The van der Waals surface area contributed by atoms with Crippen LogP contribution in [0.4, 0.5) is 0 Å². The maximum Gasteiger partial charge on any atom is 0.224 e. The number of sulfone groups is 1. The van der Waals surface area contributed by atoms with Gasteiger partial charge in [0.15, 0.2) is 9.84 Å². The first-order chi connectivity index (χ1) is 11.4. The van der Waals surface area contributed by atoms with Crippen molar-refractivity contribution in [3.05, 3.63) is 29.8 Å². The van der Waals surface area contributed by atoms with Crippen molar-refractivity contribution in [1.29, 1.82) is 0 Å². The molecule has 0 bridgehead atoms. The molecular formula is C18H26N2O3S. The molecule has 1 aromatic carbocycles. The molecule has 2 atom stereocenters. The summed E-state index contributed by atoms with van der Waals surface area (Å²) in [6, 6.07) is 7.81. The molecule has 3 rings (SSSR count). The highest BCUT2D eigenvalue weighted by atomic mass is 32.2. The van der Waals surface area contributed by atoms with E-state index < -0.39 is 9.84 Å². The van der Waals surface area contributed by atoms with E-state index in [0.29, 0.717) is 12.1 Å². The Kier molecular flexibility index (Phi) is 5.25. The largest absolute Gasteiger partial charge is 0.352 e. The third-order valence-corrected chi connectivity index (χ3v) is 6.27. The number of benzene rings is 1. The van der Waals surface area contributed by atoms with E-state index in [9.17, 15) is 13.2 Å². The minimum absolute atomic E-state index is 0.00466. The van der Waals surface area contributed by atoms with E-state index in [4.69, 9.17) is 0 Å². The average molecular weight is 350 g/mol. The Balaban J connectivity index is 1.48. The predicted octanol–water partition coefficient (Wildman–Crippen LogP) is 1.81. The van der Waals surface area contributed by atoms with Crippen LogP contribution in [0.25, 0.3) is 0 Å². The highest BCUT2D eigenvalue weighted by Crippen LogP contribution is 2.25. The lowest BCUT2D eigenvalue weighted by atomic mass is 9.85. The van der Waals surface area contributed by atoms with Crippen molar-refractivity contribution >= 4 is 15.7 Å². The molecule has 1 amide bonds. The van der Waals surface area contributed by atoms with Crippen LogP contribution in [-0.2, 0) is 21.1 Å². The minimum Gasteiger partial charge on any atom is -0.352 e. The number of carbonyl (C=O) groups is 1. The summed E-state index contributed by atoms with van der Waals surface area (Å²) < 4.78 is 22.9. The van der Waals surface area contributed by atoms with E-state index in [2.05, 4.69) is 10.6 Å². The SMILES string of the molecule is CS(=O)(=O)c1ccc(CC(=O)N[C@H]2CC[C@H]2NC2CCCC2)cc1. The normalized spacial score (nSPS) is 24.5. The fourth-order valence-electron chi connectivity index (χ4n) is 3.57. The fourth-order valence-corrected chi connectivity index (χ4v) is 4.20. The van der Waals surface area contributed by atoms with Crippen LogP contribution in [0.3, 0.4) is 0 Å². The molecule has 2 saturated carbocycles. The molecule has 1 aromatic rings. The van der Waals surface area contributed by atoms with E-state index in [1.807, 2.05) is 0 Å². The predicted molar refractivity (Wildman–Crippen MR) is 93.6 cm³/mol. The molecule has 2 aliphatic carbocycles. The fraction of sp³-hybridized carbons (Fsp3) is 0.611. The number of hydrogen-bond acceptors (Lipinski definition) is 4. The molecule has 2 aliphatic rings. The van der Waals surface area contributed by atoms with Crippen molar-refractivity contribution in [3.63, 3.8) is 0 Å². The van der Waals surface area contributed by atoms with Crippen molar-refractivity contribution < 1.29 is 13.2 Å². The Labute approximate surface area is 144 Å². The first-order valence-corrected chi connectivity index (χ1v) is 10.7. The Hall–Kier alpha value is -1.40. The second-order valence-corrected chi connectivity index (χ2v) is 9.11. The maximum atomic E-state index is 12.2. The Morgan fingerprint density at radius 3 is 2.21 bits per heavy atom. The average Bonchev–Trinajstić information content (AvgIpc) is 3.02. The molecule has 0 saturated heterocycles. The van der Waals surface area contributed by atoms with Crippen molar-refractivity contribution in [3.8, 4) is 0 Å². The lowest BCUT2D eigenvalue weighted by Gasteiger charge is -2.39. The number of hydrogen-bond donors (Lipinski definition) is 2. The lowest BCUT2D eigenvalue weighted by Crippen LogP contribution is -2.58. The molecule has 0 heterocycles. The van der Waals surface area contributed by atoms with Gasteiger partial charge in [0.25, 0.3) is 0 Å². The van der Waals surface area contributed by atoms with Gasteiger partial charge in [0.1, 0.15) is 0 Å². The van der Waals surface area contributed by atoms with Crippen molar-refractivity contribution in [1.82, 2.24) is 10.6 Å². The van der Waals surface area contributed by atoms with Gasteiger partial charge in [0, 0.05) is 24.4 Å². The van der Waals surface area contributed by atoms with Crippen LogP contribution in [0.15, 0.2) is 29.2 Å². The summed E-state index contributed by atoms with van der Waals surface area (Å²) in [5.74, 6) is 0.00466. The van der Waals surface area contributed by atoms with Gasteiger partial charge in [-0.15, -0.1) is 0 Å². The quantitative estimate of drug-likeness (QED) is 0.820. The van der Waals surface area contributed by atoms with Gasteiger partial charge in [-0.05, 0) is 43.4 Å². The van der Waals surface area contributed by atoms with E-state index in [0.717, 1.165) is 18.4 Å². The molecule has 0 spiro atoms. The lowest BCUT2D eigenvalue weighted by molar-refractivity contribution is -0.122. The highest BCUT2D eigenvalue weighted by Gasteiger charge is 2.33. The molecule has 0 aromatic heterocycles. The van der Waals surface area contributed by atoms with Crippen LogP contribution in [0.1, 0.15) is 44.1 Å². The Morgan fingerprint density at radius 1 is 1.04 bits per heavy atom. The second kappa shape index (κ2) is 7.23.